The lowest BCUT2D eigenvalue weighted by atomic mass is 10.1. The average molecular weight is 228 g/mol. The van der Waals surface area contributed by atoms with Gasteiger partial charge in [0.25, 0.3) is 0 Å². The first-order valence-electron chi connectivity index (χ1n) is 6.41. The molecule has 0 aromatic carbocycles. The second kappa shape index (κ2) is 6.12. The number of piperidine rings is 1. The summed E-state index contributed by atoms with van der Waals surface area (Å²) in [4.78, 5) is 2.65. The van der Waals surface area contributed by atoms with E-state index in [1.165, 1.54) is 56.8 Å². The van der Waals surface area contributed by atoms with Crippen LogP contribution in [0.1, 0.15) is 32.6 Å². The summed E-state index contributed by atoms with van der Waals surface area (Å²) in [6.07, 6.45) is 5.63. The first-order chi connectivity index (χ1) is 7.36. The van der Waals surface area contributed by atoms with Crippen LogP contribution in [0.4, 0.5) is 0 Å². The maximum absolute atomic E-state index is 3.72. The van der Waals surface area contributed by atoms with E-state index >= 15 is 0 Å². The van der Waals surface area contributed by atoms with E-state index in [0.717, 1.165) is 12.1 Å². The van der Waals surface area contributed by atoms with Crippen LogP contribution in [0.15, 0.2) is 0 Å². The summed E-state index contributed by atoms with van der Waals surface area (Å²) in [5.41, 5.74) is 0. The molecule has 3 heteroatoms. The van der Waals surface area contributed by atoms with Gasteiger partial charge < -0.3 is 5.32 Å². The van der Waals surface area contributed by atoms with Crippen LogP contribution in [0.2, 0.25) is 0 Å². The van der Waals surface area contributed by atoms with Gasteiger partial charge >= 0.3 is 0 Å². The normalized spacial score (nSPS) is 30.6. The summed E-state index contributed by atoms with van der Waals surface area (Å²) in [6.45, 7) is 6.20. The Bertz CT molecular complexity index is 174. The third-order valence-electron chi connectivity index (χ3n) is 3.65. The van der Waals surface area contributed by atoms with Crippen molar-refractivity contribution in [1.82, 2.24) is 10.2 Å². The second-order valence-electron chi connectivity index (χ2n) is 4.91. The van der Waals surface area contributed by atoms with Gasteiger partial charge in [0.15, 0.2) is 0 Å². The van der Waals surface area contributed by atoms with Crippen LogP contribution in [0.3, 0.4) is 0 Å². The summed E-state index contributed by atoms with van der Waals surface area (Å²) < 4.78 is 0. The maximum Gasteiger partial charge on any atom is 0.0192 e. The van der Waals surface area contributed by atoms with Gasteiger partial charge in [-0.3, -0.25) is 4.90 Å². The van der Waals surface area contributed by atoms with Crippen LogP contribution in [-0.4, -0.2) is 48.1 Å². The fourth-order valence-electron chi connectivity index (χ4n) is 2.52. The monoisotopic (exact) mass is 228 g/mol. The van der Waals surface area contributed by atoms with Crippen molar-refractivity contribution in [2.45, 2.75) is 44.7 Å². The van der Waals surface area contributed by atoms with Crippen LogP contribution in [0, 0.1) is 0 Å². The molecular formula is C12H24N2S. The Kier molecular flexibility index (Phi) is 4.79. The van der Waals surface area contributed by atoms with Crippen molar-refractivity contribution < 1.29 is 0 Å². The highest BCUT2D eigenvalue weighted by atomic mass is 32.2. The molecule has 2 atom stereocenters. The Hall–Kier alpha value is 0.270. The van der Waals surface area contributed by atoms with E-state index in [4.69, 9.17) is 0 Å². The smallest absolute Gasteiger partial charge is 0.0192 e. The number of hydrogen-bond acceptors (Lipinski definition) is 3. The van der Waals surface area contributed by atoms with Crippen LogP contribution in [-0.2, 0) is 0 Å². The molecule has 2 rings (SSSR count). The van der Waals surface area contributed by atoms with Gasteiger partial charge in [-0.1, -0.05) is 6.42 Å². The maximum atomic E-state index is 3.72. The molecule has 0 aliphatic carbocycles. The van der Waals surface area contributed by atoms with Gasteiger partial charge in [0.1, 0.15) is 0 Å². The van der Waals surface area contributed by atoms with E-state index in [2.05, 4.69) is 28.9 Å². The van der Waals surface area contributed by atoms with Gasteiger partial charge in [-0.15, -0.1) is 0 Å². The Labute approximate surface area is 98.2 Å². The molecule has 2 heterocycles. The van der Waals surface area contributed by atoms with E-state index in [-0.39, 0.29) is 0 Å². The van der Waals surface area contributed by atoms with Crippen molar-refractivity contribution in [2.75, 3.05) is 31.1 Å². The van der Waals surface area contributed by atoms with Crippen LogP contribution in [0.25, 0.3) is 0 Å². The highest BCUT2D eigenvalue weighted by molar-refractivity contribution is 7.99. The third kappa shape index (κ3) is 3.65. The predicted molar refractivity (Wildman–Crippen MR) is 68.6 cm³/mol. The topological polar surface area (TPSA) is 15.3 Å². The summed E-state index contributed by atoms with van der Waals surface area (Å²) in [5.74, 6) is 2.68. The third-order valence-corrected chi connectivity index (χ3v) is 4.81. The first kappa shape index (κ1) is 11.7. The molecule has 0 aromatic rings. The number of nitrogens with zero attached hydrogens (tertiary/aromatic N) is 1. The van der Waals surface area contributed by atoms with Crippen LogP contribution >= 0.6 is 11.8 Å². The zero-order chi connectivity index (χ0) is 10.5. The van der Waals surface area contributed by atoms with Gasteiger partial charge in [0.05, 0.1) is 0 Å². The fraction of sp³-hybridized carbons (Fsp3) is 1.00. The molecule has 0 aromatic heterocycles. The molecule has 0 bridgehead atoms. The molecular weight excluding hydrogens is 204 g/mol. The average Bonchev–Trinajstić information content (AvgIpc) is 2.80. The number of hydrogen-bond donors (Lipinski definition) is 1. The van der Waals surface area contributed by atoms with Gasteiger partial charge in [-0.25, -0.2) is 0 Å². The zero-order valence-corrected chi connectivity index (χ0v) is 10.7. The Morgan fingerprint density at radius 1 is 1.33 bits per heavy atom. The molecule has 0 spiro atoms. The molecule has 2 unspecified atom stereocenters. The molecule has 15 heavy (non-hydrogen) atoms. The molecule has 0 saturated carbocycles. The molecule has 2 fully saturated rings. The minimum absolute atomic E-state index is 0.732. The molecule has 1 N–H and O–H groups in total. The standard InChI is InChI=1S/C12H24N2S/c1-11(14-6-3-2-4-7-14)9-13-12-5-8-15-10-12/h11-13H,2-10H2,1H3. The predicted octanol–water partition coefficient (Wildman–Crippen LogP) is 1.96. The zero-order valence-electron chi connectivity index (χ0n) is 9.87. The van der Waals surface area contributed by atoms with E-state index in [9.17, 15) is 0 Å². The lowest BCUT2D eigenvalue weighted by Crippen LogP contribution is -2.45. The largest absolute Gasteiger partial charge is 0.312 e. The molecule has 2 aliphatic rings. The fourth-order valence-corrected chi connectivity index (χ4v) is 3.71. The first-order valence-corrected chi connectivity index (χ1v) is 7.57. The number of nitrogens with one attached hydrogen (secondary N) is 1. The van der Waals surface area contributed by atoms with Crippen molar-refractivity contribution in [3.05, 3.63) is 0 Å². The van der Waals surface area contributed by atoms with E-state index in [1.54, 1.807) is 0 Å². The van der Waals surface area contributed by atoms with Gasteiger partial charge in [0.2, 0.25) is 0 Å². The summed E-state index contributed by atoms with van der Waals surface area (Å²) >= 11 is 2.09. The highest BCUT2D eigenvalue weighted by Gasteiger charge is 2.19. The second-order valence-corrected chi connectivity index (χ2v) is 6.06. The van der Waals surface area contributed by atoms with Crippen LogP contribution < -0.4 is 5.32 Å². The highest BCUT2D eigenvalue weighted by Crippen LogP contribution is 2.17. The lowest BCUT2D eigenvalue weighted by molar-refractivity contribution is 0.169. The Balaban J connectivity index is 1.64. The van der Waals surface area contributed by atoms with Crippen molar-refractivity contribution in [3.8, 4) is 0 Å². The minimum Gasteiger partial charge on any atom is -0.312 e. The molecule has 88 valence electrons. The van der Waals surface area contributed by atoms with E-state index in [0.29, 0.717) is 0 Å². The lowest BCUT2D eigenvalue weighted by Gasteiger charge is -2.33. The van der Waals surface area contributed by atoms with E-state index in [1.807, 2.05) is 0 Å². The van der Waals surface area contributed by atoms with Gasteiger partial charge in [-0.05, 0) is 45.0 Å². The molecule has 0 radical (unpaired) electrons. The van der Waals surface area contributed by atoms with Crippen LogP contribution in [0.5, 0.6) is 0 Å². The van der Waals surface area contributed by atoms with Gasteiger partial charge in [-0.2, -0.15) is 11.8 Å². The number of thioether (sulfide) groups is 1. The molecule has 2 saturated heterocycles. The molecule has 2 nitrogen and oxygen atoms in total. The Morgan fingerprint density at radius 3 is 2.80 bits per heavy atom. The summed E-state index contributed by atoms with van der Waals surface area (Å²) in [6, 6.07) is 1.53. The molecule has 0 amide bonds. The SMILES string of the molecule is CC(CNC1CCSC1)N1CCCCC1. The van der Waals surface area contributed by atoms with Crippen molar-refractivity contribution in [3.63, 3.8) is 0 Å². The Morgan fingerprint density at radius 2 is 2.13 bits per heavy atom. The molecule has 2 aliphatic heterocycles. The summed E-state index contributed by atoms with van der Waals surface area (Å²) in [5, 5.41) is 3.72. The van der Waals surface area contributed by atoms with E-state index < -0.39 is 0 Å². The van der Waals surface area contributed by atoms with Crippen molar-refractivity contribution >= 4 is 11.8 Å². The number of likely N-dealkylation sites (tertiary alicyclic amines) is 1. The van der Waals surface area contributed by atoms with Crippen molar-refractivity contribution in [1.29, 1.82) is 0 Å². The van der Waals surface area contributed by atoms with Gasteiger partial charge in [0, 0.05) is 24.4 Å². The van der Waals surface area contributed by atoms with Crippen molar-refractivity contribution in [2.24, 2.45) is 0 Å². The summed E-state index contributed by atoms with van der Waals surface area (Å²) in [7, 11) is 0. The minimum atomic E-state index is 0.732. The quantitative estimate of drug-likeness (QED) is 0.792. The number of rotatable bonds is 4.